The van der Waals surface area contributed by atoms with Crippen molar-refractivity contribution >= 4 is 22.7 Å². The largest absolute Gasteiger partial charge is 0.384 e. The summed E-state index contributed by atoms with van der Waals surface area (Å²) in [6.45, 7) is 0.410. The molecule has 0 aromatic carbocycles. The second-order valence-electron chi connectivity index (χ2n) is 3.51. The molecule has 0 aliphatic rings. The first-order valence-electron chi connectivity index (χ1n) is 5.16. The first-order valence-corrected chi connectivity index (χ1v) is 5.16. The summed E-state index contributed by atoms with van der Waals surface area (Å²) >= 11 is 0. The fourth-order valence-corrected chi connectivity index (χ4v) is 1.52. The van der Waals surface area contributed by atoms with Crippen LogP contribution in [0, 0.1) is 0 Å². The molecule has 0 bridgehead atoms. The lowest BCUT2D eigenvalue weighted by Gasteiger charge is -2.05. The number of fused-ring (bicyclic) bond motifs is 1. The second-order valence-corrected chi connectivity index (χ2v) is 3.51. The summed E-state index contributed by atoms with van der Waals surface area (Å²) in [4.78, 5) is 12.3. The van der Waals surface area contributed by atoms with Crippen LogP contribution in [-0.2, 0) is 6.54 Å². The molecule has 90 valence electrons. The number of anilines is 2. The van der Waals surface area contributed by atoms with Crippen LogP contribution in [0.3, 0.4) is 0 Å². The number of pyridine rings is 1. The normalized spacial score (nSPS) is 10.7. The van der Waals surface area contributed by atoms with Gasteiger partial charge < -0.3 is 11.1 Å². The molecule has 0 aliphatic carbocycles. The third kappa shape index (κ3) is 1.88. The van der Waals surface area contributed by atoms with Gasteiger partial charge in [0.1, 0.15) is 18.0 Å². The van der Waals surface area contributed by atoms with Crippen LogP contribution < -0.4 is 11.1 Å². The Balaban J connectivity index is 1.92. The number of aromatic nitrogens is 7. The molecule has 3 rings (SSSR count). The van der Waals surface area contributed by atoms with Crippen LogP contribution in [-0.4, -0.2) is 35.6 Å². The molecule has 3 aromatic rings. The molecule has 0 atom stereocenters. The second kappa shape index (κ2) is 4.20. The minimum Gasteiger partial charge on any atom is -0.384 e. The molecule has 0 amide bonds. The van der Waals surface area contributed by atoms with E-state index in [0.29, 0.717) is 29.7 Å². The average molecular weight is 243 g/mol. The van der Waals surface area contributed by atoms with E-state index < -0.39 is 0 Å². The standard InChI is InChI=1S/C9H9N9/c10-6-2-1-5-8(12-4-13-9(5)14-6)11-3-7-15-17-18-16-7/h1-2,4H,3H2,(H,15,16,17,18)(H3,10,11,12,13,14). The number of tetrazole rings is 1. The maximum absolute atomic E-state index is 5.60. The van der Waals surface area contributed by atoms with Gasteiger partial charge in [0, 0.05) is 0 Å². The summed E-state index contributed by atoms with van der Waals surface area (Å²) in [5.74, 6) is 1.62. The van der Waals surface area contributed by atoms with Gasteiger partial charge in [0.25, 0.3) is 0 Å². The quantitative estimate of drug-likeness (QED) is 0.573. The number of nitrogens with one attached hydrogen (secondary N) is 2. The summed E-state index contributed by atoms with van der Waals surface area (Å²) in [7, 11) is 0. The van der Waals surface area contributed by atoms with E-state index in [4.69, 9.17) is 5.73 Å². The van der Waals surface area contributed by atoms with Crippen LogP contribution in [0.15, 0.2) is 18.5 Å². The number of hydrogen-bond donors (Lipinski definition) is 3. The summed E-state index contributed by atoms with van der Waals surface area (Å²) in [6.07, 6.45) is 1.42. The Morgan fingerprint density at radius 2 is 2.22 bits per heavy atom. The molecular formula is C9H9N9. The Labute approximate surface area is 101 Å². The minimum absolute atomic E-state index is 0.410. The Morgan fingerprint density at radius 1 is 1.28 bits per heavy atom. The molecule has 4 N–H and O–H groups in total. The van der Waals surface area contributed by atoms with Crippen molar-refractivity contribution < 1.29 is 0 Å². The summed E-state index contributed by atoms with van der Waals surface area (Å²) in [5, 5.41) is 17.4. The van der Waals surface area contributed by atoms with Gasteiger partial charge in [-0.1, -0.05) is 5.21 Å². The van der Waals surface area contributed by atoms with Crippen LogP contribution in [0.2, 0.25) is 0 Å². The maximum Gasteiger partial charge on any atom is 0.193 e. The number of nitrogens with two attached hydrogens (primary N) is 1. The fraction of sp³-hybridized carbons (Fsp3) is 0.111. The topological polar surface area (TPSA) is 131 Å². The first kappa shape index (κ1) is 10.3. The van der Waals surface area contributed by atoms with Crippen LogP contribution in [0.1, 0.15) is 5.82 Å². The third-order valence-electron chi connectivity index (χ3n) is 2.32. The lowest BCUT2D eigenvalue weighted by molar-refractivity contribution is 0.881. The Bertz CT molecular complexity index is 663. The van der Waals surface area contributed by atoms with Gasteiger partial charge >= 0.3 is 0 Å². The Kier molecular flexibility index (Phi) is 2.41. The van der Waals surface area contributed by atoms with Gasteiger partial charge in [-0.3, -0.25) is 0 Å². The lowest BCUT2D eigenvalue weighted by atomic mass is 10.3. The molecule has 3 heterocycles. The number of aromatic amines is 1. The van der Waals surface area contributed by atoms with Crippen molar-refractivity contribution in [2.75, 3.05) is 11.1 Å². The number of hydrogen-bond acceptors (Lipinski definition) is 8. The molecule has 0 radical (unpaired) electrons. The van der Waals surface area contributed by atoms with Gasteiger partial charge in [0.2, 0.25) is 0 Å². The monoisotopic (exact) mass is 243 g/mol. The molecule has 9 nitrogen and oxygen atoms in total. The van der Waals surface area contributed by atoms with E-state index in [1.54, 1.807) is 6.07 Å². The number of rotatable bonds is 3. The zero-order chi connectivity index (χ0) is 12.4. The van der Waals surface area contributed by atoms with E-state index in [2.05, 4.69) is 40.9 Å². The molecular weight excluding hydrogens is 234 g/mol. The number of H-pyrrole nitrogens is 1. The van der Waals surface area contributed by atoms with E-state index in [0.717, 1.165) is 5.39 Å². The van der Waals surface area contributed by atoms with Crippen LogP contribution in [0.4, 0.5) is 11.6 Å². The molecule has 0 saturated heterocycles. The molecule has 9 heteroatoms. The van der Waals surface area contributed by atoms with Crippen molar-refractivity contribution in [3.05, 3.63) is 24.3 Å². The van der Waals surface area contributed by atoms with E-state index >= 15 is 0 Å². The highest BCUT2D eigenvalue weighted by Crippen LogP contribution is 2.18. The molecule has 18 heavy (non-hydrogen) atoms. The van der Waals surface area contributed by atoms with Crippen molar-refractivity contribution in [1.82, 2.24) is 35.6 Å². The van der Waals surface area contributed by atoms with Gasteiger partial charge in [-0.05, 0) is 12.1 Å². The zero-order valence-corrected chi connectivity index (χ0v) is 9.20. The smallest absolute Gasteiger partial charge is 0.193 e. The number of nitrogens with zero attached hydrogens (tertiary/aromatic N) is 6. The Hall–Kier alpha value is -2.84. The predicted octanol–water partition coefficient (Wildman–Crippen LogP) is -0.268. The zero-order valence-electron chi connectivity index (χ0n) is 9.20. The number of nitrogen functional groups attached to an aromatic ring is 1. The highest BCUT2D eigenvalue weighted by Gasteiger charge is 2.06. The molecule has 0 aliphatic heterocycles. The molecule has 0 saturated carbocycles. The van der Waals surface area contributed by atoms with Crippen molar-refractivity contribution in [3.8, 4) is 0 Å². The van der Waals surface area contributed by atoms with E-state index in [1.165, 1.54) is 6.33 Å². The lowest BCUT2D eigenvalue weighted by Crippen LogP contribution is -2.05. The van der Waals surface area contributed by atoms with E-state index in [9.17, 15) is 0 Å². The first-order chi connectivity index (χ1) is 8.83. The molecule has 0 spiro atoms. The molecule has 0 fully saturated rings. The summed E-state index contributed by atoms with van der Waals surface area (Å²) in [6, 6.07) is 3.52. The minimum atomic E-state index is 0.410. The van der Waals surface area contributed by atoms with E-state index in [1.807, 2.05) is 6.07 Å². The molecule has 3 aromatic heterocycles. The SMILES string of the molecule is Nc1ccc2c(NCc3nn[nH]n3)ncnc2n1. The van der Waals surface area contributed by atoms with Crippen molar-refractivity contribution in [2.24, 2.45) is 0 Å². The Morgan fingerprint density at radius 3 is 3.06 bits per heavy atom. The molecule has 0 unspecified atom stereocenters. The van der Waals surface area contributed by atoms with Crippen LogP contribution in [0.5, 0.6) is 0 Å². The summed E-state index contributed by atoms with van der Waals surface area (Å²) < 4.78 is 0. The highest BCUT2D eigenvalue weighted by molar-refractivity contribution is 5.86. The highest BCUT2D eigenvalue weighted by atomic mass is 15.5. The van der Waals surface area contributed by atoms with Crippen molar-refractivity contribution in [1.29, 1.82) is 0 Å². The van der Waals surface area contributed by atoms with Gasteiger partial charge in [-0.25, -0.2) is 15.0 Å². The predicted molar refractivity (Wildman–Crippen MR) is 63.2 cm³/mol. The van der Waals surface area contributed by atoms with Crippen LogP contribution >= 0.6 is 0 Å². The van der Waals surface area contributed by atoms with Gasteiger partial charge in [0.05, 0.1) is 11.9 Å². The van der Waals surface area contributed by atoms with Gasteiger partial charge in [0.15, 0.2) is 11.5 Å². The average Bonchev–Trinajstić information content (AvgIpc) is 2.89. The van der Waals surface area contributed by atoms with Crippen LogP contribution in [0.25, 0.3) is 11.0 Å². The fourth-order valence-electron chi connectivity index (χ4n) is 1.52. The summed E-state index contributed by atoms with van der Waals surface area (Å²) in [5.41, 5.74) is 6.14. The van der Waals surface area contributed by atoms with Crippen molar-refractivity contribution in [2.45, 2.75) is 6.54 Å². The van der Waals surface area contributed by atoms with Crippen molar-refractivity contribution in [3.63, 3.8) is 0 Å². The van der Waals surface area contributed by atoms with Gasteiger partial charge in [-0.2, -0.15) is 5.21 Å². The maximum atomic E-state index is 5.60. The van der Waals surface area contributed by atoms with Gasteiger partial charge in [-0.15, -0.1) is 10.2 Å². The third-order valence-corrected chi connectivity index (χ3v) is 2.32. The van der Waals surface area contributed by atoms with E-state index in [-0.39, 0.29) is 0 Å².